The average Bonchev–Trinajstić information content (AvgIpc) is 2.86. The van der Waals surface area contributed by atoms with Crippen LogP contribution >= 0.6 is 0 Å². The van der Waals surface area contributed by atoms with Crippen LogP contribution in [0.25, 0.3) is 17.1 Å². The zero-order valence-corrected chi connectivity index (χ0v) is 8.84. The number of rotatable bonds is 1. The molecule has 0 spiro atoms. The van der Waals surface area contributed by atoms with Gasteiger partial charge in [-0.2, -0.15) is 0 Å². The lowest BCUT2D eigenvalue weighted by atomic mass is 10.3. The molecule has 4 nitrogen and oxygen atoms in total. The third-order valence-electron chi connectivity index (χ3n) is 2.63. The highest BCUT2D eigenvalue weighted by Gasteiger charge is 2.13. The molecule has 0 saturated heterocycles. The first-order valence-electron chi connectivity index (χ1n) is 5.05. The Morgan fingerprint density at radius 1 is 1.25 bits per heavy atom. The second kappa shape index (κ2) is 3.13. The molecule has 0 bridgehead atoms. The van der Waals surface area contributed by atoms with Gasteiger partial charge in [0, 0.05) is 5.69 Å². The maximum Gasteiger partial charge on any atom is 0.156 e. The highest BCUT2D eigenvalue weighted by Crippen LogP contribution is 2.27. The van der Waals surface area contributed by atoms with Crippen molar-refractivity contribution in [3.05, 3.63) is 42.3 Å². The van der Waals surface area contributed by atoms with E-state index in [-0.39, 0.29) is 0 Å². The van der Waals surface area contributed by atoms with Crippen LogP contribution in [0.3, 0.4) is 0 Å². The summed E-state index contributed by atoms with van der Waals surface area (Å²) in [6.45, 7) is 2.00. The van der Waals surface area contributed by atoms with Crippen molar-refractivity contribution in [1.29, 1.82) is 0 Å². The van der Waals surface area contributed by atoms with Gasteiger partial charge in [0.05, 0.1) is 6.26 Å². The van der Waals surface area contributed by atoms with E-state index in [1.165, 1.54) is 0 Å². The predicted molar refractivity (Wildman–Crippen MR) is 62.0 cm³/mol. The van der Waals surface area contributed by atoms with E-state index in [0.717, 1.165) is 11.3 Å². The summed E-state index contributed by atoms with van der Waals surface area (Å²) in [5.41, 5.74) is 8.66. The number of hydrogen-bond acceptors (Lipinski definition) is 3. The summed E-state index contributed by atoms with van der Waals surface area (Å²) in [5.74, 6) is 1.31. The van der Waals surface area contributed by atoms with Gasteiger partial charge in [0.15, 0.2) is 5.76 Å². The molecule has 0 unspecified atom stereocenters. The number of imidazole rings is 1. The molecule has 3 rings (SSSR count). The van der Waals surface area contributed by atoms with Crippen LogP contribution < -0.4 is 5.73 Å². The van der Waals surface area contributed by atoms with Crippen molar-refractivity contribution in [3.8, 4) is 11.5 Å². The molecular formula is C12H11N3O. The van der Waals surface area contributed by atoms with Crippen molar-refractivity contribution >= 4 is 11.5 Å². The number of nitrogens with two attached hydrogens (primary N) is 1. The minimum atomic E-state index is 0.614. The van der Waals surface area contributed by atoms with Crippen molar-refractivity contribution in [2.24, 2.45) is 0 Å². The Bertz CT molecular complexity index is 638. The quantitative estimate of drug-likeness (QED) is 0.675. The van der Waals surface area contributed by atoms with E-state index >= 15 is 0 Å². The number of hydrogen-bond donors (Lipinski definition) is 1. The molecular weight excluding hydrogens is 202 g/mol. The third-order valence-corrected chi connectivity index (χ3v) is 2.63. The van der Waals surface area contributed by atoms with Crippen LogP contribution in [0.2, 0.25) is 0 Å². The number of fused-ring (bicyclic) bond motifs is 1. The maximum atomic E-state index is 6.07. The van der Waals surface area contributed by atoms with Gasteiger partial charge in [-0.15, -0.1) is 0 Å². The highest BCUT2D eigenvalue weighted by molar-refractivity contribution is 5.71. The number of pyridine rings is 1. The summed E-state index contributed by atoms with van der Waals surface area (Å²) in [4.78, 5) is 4.46. The minimum absolute atomic E-state index is 0.614. The predicted octanol–water partition coefficient (Wildman–Crippen LogP) is 2.48. The Balaban J connectivity index is 2.36. The highest BCUT2D eigenvalue weighted by atomic mass is 16.3. The number of nitrogens with zero attached hydrogens (tertiary/aromatic N) is 2. The van der Waals surface area contributed by atoms with Crippen molar-refractivity contribution in [2.45, 2.75) is 6.92 Å². The third kappa shape index (κ3) is 1.13. The van der Waals surface area contributed by atoms with Gasteiger partial charge in [0.25, 0.3) is 0 Å². The van der Waals surface area contributed by atoms with E-state index < -0.39 is 0 Å². The molecule has 2 N–H and O–H groups in total. The number of nitrogen functional groups attached to an aromatic ring is 1. The van der Waals surface area contributed by atoms with Crippen LogP contribution in [-0.2, 0) is 0 Å². The van der Waals surface area contributed by atoms with Gasteiger partial charge in [-0.25, -0.2) is 4.98 Å². The van der Waals surface area contributed by atoms with E-state index in [9.17, 15) is 0 Å². The van der Waals surface area contributed by atoms with Crippen LogP contribution in [0.4, 0.5) is 5.82 Å². The molecule has 0 aliphatic rings. The van der Waals surface area contributed by atoms with Gasteiger partial charge >= 0.3 is 0 Å². The molecule has 0 saturated carbocycles. The zero-order valence-electron chi connectivity index (χ0n) is 8.84. The molecule has 0 aliphatic carbocycles. The van der Waals surface area contributed by atoms with Gasteiger partial charge in [0.1, 0.15) is 17.2 Å². The molecule has 16 heavy (non-hydrogen) atoms. The van der Waals surface area contributed by atoms with Gasteiger partial charge in [-0.3, -0.25) is 4.40 Å². The largest absolute Gasteiger partial charge is 0.463 e. The lowest BCUT2D eigenvalue weighted by molar-refractivity contribution is 0.581. The van der Waals surface area contributed by atoms with Crippen molar-refractivity contribution < 1.29 is 4.42 Å². The fraction of sp³-hybridized carbons (Fsp3) is 0.0833. The molecule has 3 aromatic heterocycles. The Kier molecular flexibility index (Phi) is 1.77. The van der Waals surface area contributed by atoms with E-state index in [0.29, 0.717) is 17.3 Å². The molecule has 3 heterocycles. The van der Waals surface area contributed by atoms with Crippen LogP contribution in [0, 0.1) is 6.92 Å². The normalized spacial score (nSPS) is 11.1. The fourth-order valence-corrected chi connectivity index (χ4v) is 1.88. The van der Waals surface area contributed by atoms with Crippen LogP contribution in [0.1, 0.15) is 5.69 Å². The van der Waals surface area contributed by atoms with Crippen LogP contribution in [-0.4, -0.2) is 9.38 Å². The first-order chi connectivity index (χ1) is 7.77. The second-order valence-corrected chi connectivity index (χ2v) is 3.68. The Morgan fingerprint density at radius 3 is 2.81 bits per heavy atom. The van der Waals surface area contributed by atoms with E-state index in [1.54, 1.807) is 6.26 Å². The van der Waals surface area contributed by atoms with Gasteiger partial charge in [0.2, 0.25) is 0 Å². The lowest BCUT2D eigenvalue weighted by Gasteiger charge is -2.00. The average molecular weight is 213 g/mol. The van der Waals surface area contributed by atoms with E-state index in [4.69, 9.17) is 10.2 Å². The number of furan rings is 1. The number of aryl methyl sites for hydroxylation is 1. The summed E-state index contributed by atoms with van der Waals surface area (Å²) in [6, 6.07) is 9.56. The minimum Gasteiger partial charge on any atom is -0.463 e. The number of aromatic nitrogens is 2. The van der Waals surface area contributed by atoms with Crippen molar-refractivity contribution in [3.63, 3.8) is 0 Å². The molecule has 80 valence electrons. The zero-order chi connectivity index (χ0) is 11.1. The Morgan fingerprint density at radius 2 is 2.12 bits per heavy atom. The van der Waals surface area contributed by atoms with Crippen LogP contribution in [0.15, 0.2) is 41.0 Å². The fourth-order valence-electron chi connectivity index (χ4n) is 1.88. The molecule has 4 heteroatoms. The first-order valence-corrected chi connectivity index (χ1v) is 5.05. The van der Waals surface area contributed by atoms with E-state index in [1.807, 2.05) is 41.7 Å². The second-order valence-electron chi connectivity index (χ2n) is 3.68. The van der Waals surface area contributed by atoms with Crippen molar-refractivity contribution in [1.82, 2.24) is 9.38 Å². The SMILES string of the molecule is Cc1cccc2nc(-c3ccco3)c(N)n12. The maximum absolute atomic E-state index is 6.07. The monoisotopic (exact) mass is 213 g/mol. The Hall–Kier alpha value is -2.23. The molecule has 0 aliphatic heterocycles. The van der Waals surface area contributed by atoms with Crippen LogP contribution in [0.5, 0.6) is 0 Å². The van der Waals surface area contributed by atoms with Crippen molar-refractivity contribution in [2.75, 3.05) is 5.73 Å². The molecule has 0 aromatic carbocycles. The number of anilines is 1. The van der Waals surface area contributed by atoms with Gasteiger partial charge in [-0.05, 0) is 31.2 Å². The molecule has 0 fully saturated rings. The van der Waals surface area contributed by atoms with E-state index in [2.05, 4.69) is 4.98 Å². The summed E-state index contributed by atoms with van der Waals surface area (Å²) in [6.07, 6.45) is 1.62. The summed E-state index contributed by atoms with van der Waals surface area (Å²) >= 11 is 0. The van der Waals surface area contributed by atoms with Gasteiger partial charge < -0.3 is 10.2 Å². The van der Waals surface area contributed by atoms with Gasteiger partial charge in [-0.1, -0.05) is 6.07 Å². The topological polar surface area (TPSA) is 56.5 Å². The molecule has 0 radical (unpaired) electrons. The first kappa shape index (κ1) is 9.03. The Labute approximate surface area is 92.3 Å². The smallest absolute Gasteiger partial charge is 0.156 e. The molecule has 3 aromatic rings. The molecule has 0 amide bonds. The summed E-state index contributed by atoms with van der Waals surface area (Å²) in [5, 5.41) is 0. The lowest BCUT2D eigenvalue weighted by Crippen LogP contribution is -1.96. The standard InChI is InChI=1S/C12H11N3O/c1-8-4-2-6-10-14-11(12(13)15(8)10)9-5-3-7-16-9/h2-7H,13H2,1H3. The summed E-state index contributed by atoms with van der Waals surface area (Å²) < 4.78 is 7.23. The summed E-state index contributed by atoms with van der Waals surface area (Å²) in [7, 11) is 0. The molecule has 0 atom stereocenters.